The third-order valence-corrected chi connectivity index (χ3v) is 3.16. The lowest BCUT2D eigenvalue weighted by atomic mass is 10.0. The fourth-order valence-corrected chi connectivity index (χ4v) is 2.06. The van der Waals surface area contributed by atoms with Gasteiger partial charge in [0.05, 0.1) is 0 Å². The van der Waals surface area contributed by atoms with E-state index in [1.54, 1.807) is 30.3 Å². The Bertz CT molecular complexity index is 979. The lowest BCUT2D eigenvalue weighted by Gasteiger charge is -2.06. The maximum absolute atomic E-state index is 12.4. The SMILES string of the molecule is C#CC#CC#CC#COc1ccc(C(=O)c2ccccc2)c(S)c1. The van der Waals surface area contributed by atoms with Gasteiger partial charge >= 0.3 is 0 Å². The van der Waals surface area contributed by atoms with Gasteiger partial charge in [-0.05, 0) is 36.0 Å². The van der Waals surface area contributed by atoms with Gasteiger partial charge in [-0.15, -0.1) is 19.1 Å². The summed E-state index contributed by atoms with van der Waals surface area (Å²) in [5.41, 5.74) is 1.10. The van der Waals surface area contributed by atoms with Crippen LogP contribution in [0.3, 0.4) is 0 Å². The molecule has 0 bridgehead atoms. The van der Waals surface area contributed by atoms with E-state index in [9.17, 15) is 4.79 Å². The standard InChI is InChI=1S/C21H10O2S/c1-2-3-4-5-6-10-15-23-18-13-14-19(20(24)16-18)21(22)17-11-8-7-9-12-17/h1,7-9,11-14,16,24H. The molecule has 0 saturated heterocycles. The fraction of sp³-hybridized carbons (Fsp3) is 0. The summed E-state index contributed by atoms with van der Waals surface area (Å²) < 4.78 is 5.22. The first-order chi connectivity index (χ1) is 11.7. The van der Waals surface area contributed by atoms with Gasteiger partial charge in [0, 0.05) is 33.8 Å². The molecule has 0 aliphatic carbocycles. The highest BCUT2D eigenvalue weighted by molar-refractivity contribution is 7.80. The van der Waals surface area contributed by atoms with Crippen LogP contribution in [0.1, 0.15) is 15.9 Å². The summed E-state index contributed by atoms with van der Waals surface area (Å²) in [5.74, 6) is 14.7. The number of hydrogen-bond donors (Lipinski definition) is 1. The molecule has 0 aliphatic rings. The largest absolute Gasteiger partial charge is 0.407 e. The number of benzene rings is 2. The zero-order chi connectivity index (χ0) is 17.2. The summed E-state index contributed by atoms with van der Waals surface area (Å²) >= 11 is 4.34. The zero-order valence-corrected chi connectivity index (χ0v) is 13.4. The predicted octanol–water partition coefficient (Wildman–Crippen LogP) is 3.19. The Morgan fingerprint density at radius 3 is 2.38 bits per heavy atom. The second kappa shape index (κ2) is 8.82. The monoisotopic (exact) mass is 326 g/mol. The Morgan fingerprint density at radius 1 is 0.958 bits per heavy atom. The highest BCUT2D eigenvalue weighted by Crippen LogP contribution is 2.23. The molecule has 2 aromatic rings. The summed E-state index contributed by atoms with van der Waals surface area (Å²) in [4.78, 5) is 12.9. The molecule has 0 aromatic heterocycles. The molecule has 3 heteroatoms. The van der Waals surface area contributed by atoms with E-state index < -0.39 is 0 Å². The first kappa shape index (κ1) is 16.9. The quantitative estimate of drug-likeness (QED) is 0.533. The normalized spacial score (nSPS) is 8.17. The predicted molar refractivity (Wildman–Crippen MR) is 96.4 cm³/mol. The number of ketones is 1. The van der Waals surface area contributed by atoms with Crippen LogP contribution in [-0.2, 0) is 0 Å². The number of carbonyl (C=O) groups excluding carboxylic acids is 1. The average Bonchev–Trinajstić information content (AvgIpc) is 2.61. The summed E-state index contributed by atoms with van der Waals surface area (Å²) in [6.45, 7) is 0. The molecule has 0 fully saturated rings. The molecule has 0 unspecified atom stereocenters. The van der Waals surface area contributed by atoms with Crippen molar-refractivity contribution >= 4 is 18.4 Å². The van der Waals surface area contributed by atoms with Crippen LogP contribution in [-0.4, -0.2) is 5.78 Å². The van der Waals surface area contributed by atoms with Crippen LogP contribution >= 0.6 is 12.6 Å². The molecule has 0 N–H and O–H groups in total. The number of ether oxygens (including phenoxy) is 1. The molecule has 0 radical (unpaired) electrons. The van der Waals surface area contributed by atoms with Crippen LogP contribution in [0.4, 0.5) is 0 Å². The molecule has 0 atom stereocenters. The molecule has 0 aliphatic heterocycles. The van der Waals surface area contributed by atoms with E-state index in [2.05, 4.69) is 54.3 Å². The Labute approximate surface area is 146 Å². The molecule has 2 nitrogen and oxygen atoms in total. The topological polar surface area (TPSA) is 26.3 Å². The number of hydrogen-bond acceptors (Lipinski definition) is 3. The lowest BCUT2D eigenvalue weighted by molar-refractivity contribution is 0.103. The van der Waals surface area contributed by atoms with Crippen molar-refractivity contribution in [2.45, 2.75) is 4.90 Å². The average molecular weight is 326 g/mol. The van der Waals surface area contributed by atoms with Crippen molar-refractivity contribution in [1.82, 2.24) is 0 Å². The van der Waals surface area contributed by atoms with Crippen molar-refractivity contribution in [2.75, 3.05) is 0 Å². The minimum atomic E-state index is -0.101. The van der Waals surface area contributed by atoms with Gasteiger partial charge in [-0.3, -0.25) is 4.79 Å². The number of carbonyl (C=O) groups is 1. The van der Waals surface area contributed by atoms with Crippen LogP contribution in [0, 0.1) is 48.1 Å². The van der Waals surface area contributed by atoms with Gasteiger partial charge < -0.3 is 4.74 Å². The molecule has 2 aromatic carbocycles. The van der Waals surface area contributed by atoms with Crippen LogP contribution < -0.4 is 4.74 Å². The van der Waals surface area contributed by atoms with Crippen molar-refractivity contribution in [2.24, 2.45) is 0 Å². The Hall–Kier alpha value is -3.50. The van der Waals surface area contributed by atoms with Gasteiger partial charge in [0.2, 0.25) is 0 Å². The number of rotatable bonds is 3. The van der Waals surface area contributed by atoms with Crippen LogP contribution in [0.25, 0.3) is 0 Å². The lowest BCUT2D eigenvalue weighted by Crippen LogP contribution is -2.02. The van der Waals surface area contributed by atoms with Crippen molar-refractivity contribution in [3.8, 4) is 53.8 Å². The second-order valence-corrected chi connectivity index (χ2v) is 4.83. The third-order valence-electron chi connectivity index (χ3n) is 2.79. The molecule has 0 heterocycles. The van der Waals surface area contributed by atoms with Crippen molar-refractivity contribution < 1.29 is 9.53 Å². The molecule has 112 valence electrons. The molecular weight excluding hydrogens is 316 g/mol. The Kier molecular flexibility index (Phi) is 6.20. The van der Waals surface area contributed by atoms with Gasteiger partial charge in [0.1, 0.15) is 11.9 Å². The van der Waals surface area contributed by atoms with Crippen LogP contribution in [0.5, 0.6) is 5.75 Å². The maximum Gasteiger partial charge on any atom is 0.194 e. The van der Waals surface area contributed by atoms with E-state index in [1.165, 1.54) is 0 Å². The Balaban J connectivity index is 2.10. The van der Waals surface area contributed by atoms with E-state index in [0.29, 0.717) is 21.8 Å². The van der Waals surface area contributed by atoms with Crippen LogP contribution in [0.2, 0.25) is 0 Å². The zero-order valence-electron chi connectivity index (χ0n) is 12.5. The summed E-state index contributed by atoms with van der Waals surface area (Å²) in [6, 6.07) is 13.9. The maximum atomic E-state index is 12.4. The highest BCUT2D eigenvalue weighted by atomic mass is 32.1. The van der Waals surface area contributed by atoms with Gasteiger partial charge in [0.25, 0.3) is 0 Å². The molecule has 0 saturated carbocycles. The first-order valence-electron chi connectivity index (χ1n) is 6.77. The van der Waals surface area contributed by atoms with Gasteiger partial charge in [0.15, 0.2) is 5.78 Å². The van der Waals surface area contributed by atoms with Gasteiger partial charge in [-0.2, -0.15) is 0 Å². The smallest absolute Gasteiger partial charge is 0.194 e. The first-order valence-corrected chi connectivity index (χ1v) is 7.22. The van der Waals surface area contributed by atoms with Gasteiger partial charge in [-0.25, -0.2) is 0 Å². The van der Waals surface area contributed by atoms with Crippen molar-refractivity contribution in [3.05, 3.63) is 59.7 Å². The second-order valence-electron chi connectivity index (χ2n) is 4.35. The summed E-state index contributed by atoms with van der Waals surface area (Å²) in [5, 5.41) is 0. The fourth-order valence-electron chi connectivity index (χ4n) is 1.75. The third kappa shape index (κ3) is 4.76. The number of thiol groups is 1. The molecular formula is C21H10O2S. The summed E-state index contributed by atoms with van der Waals surface area (Å²) in [7, 11) is 0. The van der Waals surface area contributed by atoms with E-state index >= 15 is 0 Å². The van der Waals surface area contributed by atoms with Gasteiger partial charge in [-0.1, -0.05) is 30.3 Å². The van der Waals surface area contributed by atoms with E-state index in [4.69, 9.17) is 11.2 Å². The Morgan fingerprint density at radius 2 is 1.67 bits per heavy atom. The highest BCUT2D eigenvalue weighted by Gasteiger charge is 2.12. The molecule has 0 amide bonds. The minimum absolute atomic E-state index is 0.101. The molecule has 0 spiro atoms. The molecule has 24 heavy (non-hydrogen) atoms. The minimum Gasteiger partial charge on any atom is -0.407 e. The van der Waals surface area contributed by atoms with Crippen LogP contribution in [0.15, 0.2) is 53.4 Å². The van der Waals surface area contributed by atoms with Crippen molar-refractivity contribution in [1.29, 1.82) is 0 Å². The van der Waals surface area contributed by atoms with E-state index in [1.807, 2.05) is 18.2 Å². The van der Waals surface area contributed by atoms with E-state index in [-0.39, 0.29) is 5.78 Å². The molecule has 2 rings (SSSR count). The van der Waals surface area contributed by atoms with Crippen molar-refractivity contribution in [3.63, 3.8) is 0 Å². The van der Waals surface area contributed by atoms with E-state index in [0.717, 1.165) is 0 Å². The number of terminal acetylenes is 1. The summed E-state index contributed by atoms with van der Waals surface area (Å²) in [6.07, 6.45) is 7.37.